The summed E-state index contributed by atoms with van der Waals surface area (Å²) in [5.74, 6) is 0. The topological polar surface area (TPSA) is 35.6 Å². The van der Waals surface area contributed by atoms with Crippen molar-refractivity contribution in [2.75, 3.05) is 26.2 Å². The molecule has 1 atom stereocenters. The van der Waals surface area contributed by atoms with E-state index in [2.05, 4.69) is 43.1 Å². The second-order valence-corrected chi connectivity index (χ2v) is 7.95. The van der Waals surface area contributed by atoms with E-state index in [9.17, 15) is 4.79 Å². The summed E-state index contributed by atoms with van der Waals surface area (Å²) in [5.41, 5.74) is 0.239. The Bertz CT molecular complexity index is 505. The lowest BCUT2D eigenvalue weighted by Crippen LogP contribution is -2.51. The van der Waals surface area contributed by atoms with Gasteiger partial charge in [0, 0.05) is 42.5 Å². The molecule has 4 nitrogen and oxygen atoms in total. The van der Waals surface area contributed by atoms with Crippen LogP contribution >= 0.6 is 11.3 Å². The summed E-state index contributed by atoms with van der Waals surface area (Å²) in [4.78, 5) is 18.9. The van der Waals surface area contributed by atoms with Gasteiger partial charge in [0.1, 0.15) is 0 Å². The molecule has 0 bridgehead atoms. The molecule has 0 radical (unpaired) electrons. The number of fused-ring (bicyclic) bond motifs is 1. The average molecular weight is 293 g/mol. The van der Waals surface area contributed by atoms with Crippen molar-refractivity contribution >= 4 is 17.4 Å². The van der Waals surface area contributed by atoms with Crippen LogP contribution < -0.4 is 5.32 Å². The van der Waals surface area contributed by atoms with Gasteiger partial charge in [0.05, 0.1) is 6.04 Å². The maximum absolute atomic E-state index is 11.6. The van der Waals surface area contributed by atoms with E-state index in [1.54, 1.807) is 0 Å². The highest BCUT2D eigenvalue weighted by atomic mass is 32.1. The monoisotopic (exact) mass is 293 g/mol. The Kier molecular flexibility index (Phi) is 3.50. The fourth-order valence-corrected chi connectivity index (χ4v) is 4.01. The molecule has 1 aromatic rings. The number of carbonyl (C=O) groups is 1. The molecular weight excluding hydrogens is 270 g/mol. The molecule has 1 aromatic heterocycles. The molecule has 2 fully saturated rings. The molecule has 2 aliphatic heterocycles. The van der Waals surface area contributed by atoms with Crippen LogP contribution in [0.2, 0.25) is 0 Å². The molecule has 3 heterocycles. The highest BCUT2D eigenvalue weighted by Crippen LogP contribution is 2.30. The molecule has 110 valence electrons. The van der Waals surface area contributed by atoms with Crippen molar-refractivity contribution in [3.05, 3.63) is 21.9 Å². The average Bonchev–Trinajstić information content (AvgIpc) is 2.97. The number of rotatable bonds is 2. The van der Waals surface area contributed by atoms with E-state index in [-0.39, 0.29) is 11.4 Å². The SMILES string of the molecule is CC(C)(C)c1ccc(CN2CCN3C(=O)NCC3C2)s1. The molecule has 0 aromatic carbocycles. The molecule has 0 aliphatic carbocycles. The number of hydrogen-bond acceptors (Lipinski definition) is 3. The number of nitrogens with zero attached hydrogens (tertiary/aromatic N) is 2. The molecule has 0 spiro atoms. The summed E-state index contributed by atoms with van der Waals surface area (Å²) < 4.78 is 0. The first-order chi connectivity index (χ1) is 9.43. The number of amides is 2. The third-order valence-electron chi connectivity index (χ3n) is 4.10. The van der Waals surface area contributed by atoms with Crippen molar-refractivity contribution in [2.24, 2.45) is 0 Å². The van der Waals surface area contributed by atoms with E-state index in [1.165, 1.54) is 9.75 Å². The Morgan fingerprint density at radius 2 is 2.15 bits per heavy atom. The van der Waals surface area contributed by atoms with Crippen LogP contribution in [0.5, 0.6) is 0 Å². The van der Waals surface area contributed by atoms with Gasteiger partial charge in [-0.2, -0.15) is 0 Å². The van der Waals surface area contributed by atoms with Crippen LogP contribution in [-0.4, -0.2) is 48.1 Å². The third kappa shape index (κ3) is 2.69. The smallest absolute Gasteiger partial charge is 0.317 e. The van der Waals surface area contributed by atoms with Gasteiger partial charge in [-0.15, -0.1) is 11.3 Å². The first-order valence-electron chi connectivity index (χ1n) is 7.29. The van der Waals surface area contributed by atoms with Gasteiger partial charge >= 0.3 is 6.03 Å². The quantitative estimate of drug-likeness (QED) is 0.908. The highest BCUT2D eigenvalue weighted by molar-refractivity contribution is 7.12. The van der Waals surface area contributed by atoms with Gasteiger partial charge < -0.3 is 10.2 Å². The Balaban J connectivity index is 1.62. The standard InChI is InChI=1S/C15H23N3OS/c1-15(2,3)13-5-4-12(20-13)10-17-6-7-18-11(9-17)8-16-14(18)19/h4-5,11H,6-10H2,1-3H3,(H,16,19). The van der Waals surface area contributed by atoms with Crippen molar-refractivity contribution in [1.29, 1.82) is 0 Å². The first kappa shape index (κ1) is 13.9. The van der Waals surface area contributed by atoms with Gasteiger partial charge in [-0.3, -0.25) is 4.90 Å². The molecule has 1 unspecified atom stereocenters. The van der Waals surface area contributed by atoms with E-state index in [0.29, 0.717) is 6.04 Å². The minimum atomic E-state index is 0.112. The molecule has 20 heavy (non-hydrogen) atoms. The van der Waals surface area contributed by atoms with Gasteiger partial charge in [-0.25, -0.2) is 4.79 Å². The number of carbonyl (C=O) groups excluding carboxylic acids is 1. The third-order valence-corrected chi connectivity index (χ3v) is 5.59. The van der Waals surface area contributed by atoms with Crippen LogP contribution in [0.4, 0.5) is 4.79 Å². The van der Waals surface area contributed by atoms with Crippen LogP contribution in [0.1, 0.15) is 30.5 Å². The molecule has 2 aliphatic rings. The summed E-state index contributed by atoms with van der Waals surface area (Å²) in [6.07, 6.45) is 0. The lowest BCUT2D eigenvalue weighted by Gasteiger charge is -2.36. The zero-order valence-electron chi connectivity index (χ0n) is 12.5. The van der Waals surface area contributed by atoms with Crippen LogP contribution in [0, 0.1) is 0 Å². The minimum absolute atomic E-state index is 0.112. The Morgan fingerprint density at radius 3 is 2.85 bits per heavy atom. The van der Waals surface area contributed by atoms with Gasteiger partial charge in [0.15, 0.2) is 0 Å². The van der Waals surface area contributed by atoms with Crippen LogP contribution in [-0.2, 0) is 12.0 Å². The number of hydrogen-bond donors (Lipinski definition) is 1. The Labute approximate surface area is 124 Å². The van der Waals surface area contributed by atoms with Gasteiger partial charge in [0.25, 0.3) is 0 Å². The number of nitrogens with one attached hydrogen (secondary N) is 1. The zero-order valence-corrected chi connectivity index (χ0v) is 13.3. The summed E-state index contributed by atoms with van der Waals surface area (Å²) in [7, 11) is 0. The van der Waals surface area contributed by atoms with E-state index < -0.39 is 0 Å². The van der Waals surface area contributed by atoms with E-state index >= 15 is 0 Å². The molecule has 2 amide bonds. The Hall–Kier alpha value is -1.07. The second-order valence-electron chi connectivity index (χ2n) is 6.78. The number of thiophene rings is 1. The van der Waals surface area contributed by atoms with E-state index in [0.717, 1.165) is 32.7 Å². The maximum atomic E-state index is 11.6. The zero-order chi connectivity index (χ0) is 14.3. The normalized spacial score (nSPS) is 23.9. The van der Waals surface area contributed by atoms with Crippen molar-refractivity contribution in [1.82, 2.24) is 15.1 Å². The molecule has 1 N–H and O–H groups in total. The second kappa shape index (κ2) is 5.04. The Morgan fingerprint density at radius 1 is 1.35 bits per heavy atom. The molecule has 5 heteroatoms. The van der Waals surface area contributed by atoms with Gasteiger partial charge in [-0.05, 0) is 17.5 Å². The minimum Gasteiger partial charge on any atom is -0.336 e. The van der Waals surface area contributed by atoms with Crippen molar-refractivity contribution < 1.29 is 4.79 Å². The molecule has 0 saturated carbocycles. The molecular formula is C15H23N3OS. The number of urea groups is 1. The van der Waals surface area contributed by atoms with E-state index in [4.69, 9.17) is 0 Å². The van der Waals surface area contributed by atoms with Crippen molar-refractivity contribution in [3.63, 3.8) is 0 Å². The van der Waals surface area contributed by atoms with Gasteiger partial charge in [0.2, 0.25) is 0 Å². The maximum Gasteiger partial charge on any atom is 0.317 e. The largest absolute Gasteiger partial charge is 0.336 e. The highest BCUT2D eigenvalue weighted by Gasteiger charge is 2.35. The lowest BCUT2D eigenvalue weighted by atomic mass is 9.95. The fourth-order valence-electron chi connectivity index (χ4n) is 2.90. The molecule has 2 saturated heterocycles. The van der Waals surface area contributed by atoms with Crippen molar-refractivity contribution in [2.45, 2.75) is 38.8 Å². The predicted molar refractivity (Wildman–Crippen MR) is 82.2 cm³/mol. The summed E-state index contributed by atoms with van der Waals surface area (Å²) in [6, 6.07) is 4.99. The van der Waals surface area contributed by atoms with Crippen LogP contribution in [0.25, 0.3) is 0 Å². The van der Waals surface area contributed by atoms with Crippen LogP contribution in [0.3, 0.4) is 0 Å². The van der Waals surface area contributed by atoms with E-state index in [1.807, 2.05) is 16.2 Å². The first-order valence-corrected chi connectivity index (χ1v) is 8.11. The van der Waals surface area contributed by atoms with Crippen LogP contribution in [0.15, 0.2) is 12.1 Å². The van der Waals surface area contributed by atoms with Crippen molar-refractivity contribution in [3.8, 4) is 0 Å². The lowest BCUT2D eigenvalue weighted by molar-refractivity contribution is 0.117. The fraction of sp³-hybridized carbons (Fsp3) is 0.667. The molecule has 3 rings (SSSR count). The number of piperazine rings is 1. The van der Waals surface area contributed by atoms with Gasteiger partial charge in [-0.1, -0.05) is 20.8 Å². The predicted octanol–water partition coefficient (Wildman–Crippen LogP) is 2.25. The summed E-state index contributed by atoms with van der Waals surface area (Å²) in [6.45, 7) is 11.4. The summed E-state index contributed by atoms with van der Waals surface area (Å²) in [5, 5.41) is 2.93. The summed E-state index contributed by atoms with van der Waals surface area (Å²) >= 11 is 1.92.